The highest BCUT2D eigenvalue weighted by Gasteiger charge is 2.15. The van der Waals surface area contributed by atoms with Gasteiger partial charge in [-0.3, -0.25) is 0 Å². The second-order valence-corrected chi connectivity index (χ2v) is 6.48. The Hall–Kier alpha value is -1.92. The van der Waals surface area contributed by atoms with E-state index in [1.54, 1.807) is 0 Å². The van der Waals surface area contributed by atoms with Crippen LogP contribution in [0.15, 0.2) is 47.4 Å². The van der Waals surface area contributed by atoms with Gasteiger partial charge in [-0.1, -0.05) is 31.2 Å². The monoisotopic (exact) mass is 308 g/mol. The molecule has 0 amide bonds. The van der Waals surface area contributed by atoms with Gasteiger partial charge in [0, 0.05) is 12.2 Å². The number of hydrogen-bond acceptors (Lipinski definition) is 3. The largest absolute Gasteiger partial charge is 0.399 e. The van der Waals surface area contributed by atoms with Crippen molar-refractivity contribution in [3.05, 3.63) is 59.4 Å². The number of nitrogens with two attached hydrogens (primary N) is 1. The zero-order valence-electron chi connectivity index (χ0n) is 11.6. The van der Waals surface area contributed by atoms with E-state index in [1.165, 1.54) is 11.6 Å². The van der Waals surface area contributed by atoms with E-state index in [2.05, 4.69) is 4.72 Å². The lowest BCUT2D eigenvalue weighted by Gasteiger charge is -2.08. The molecule has 3 N–H and O–H groups in total. The van der Waals surface area contributed by atoms with Crippen molar-refractivity contribution < 1.29 is 12.8 Å². The summed E-state index contributed by atoms with van der Waals surface area (Å²) in [7, 11) is -3.79. The molecule has 2 aromatic carbocycles. The first kappa shape index (κ1) is 15.5. The average Bonchev–Trinajstić information content (AvgIpc) is 2.45. The minimum atomic E-state index is -3.79. The zero-order valence-corrected chi connectivity index (χ0v) is 12.5. The molecule has 0 saturated heterocycles. The maximum Gasteiger partial charge on any atom is 0.241 e. The summed E-state index contributed by atoms with van der Waals surface area (Å²) in [4.78, 5) is -0.176. The van der Waals surface area contributed by atoms with Gasteiger partial charge in [0.25, 0.3) is 0 Å². The molecule has 112 valence electrons. The highest BCUT2D eigenvalue weighted by Crippen LogP contribution is 2.16. The molecule has 0 aliphatic heterocycles. The number of halogens is 1. The predicted octanol–water partition coefficient (Wildman–Crippen LogP) is 2.45. The Balaban J connectivity index is 2.13. The molecule has 0 aromatic heterocycles. The summed E-state index contributed by atoms with van der Waals surface area (Å²) in [5.74, 6) is -0.678. The maximum absolute atomic E-state index is 13.2. The Morgan fingerprint density at radius 3 is 2.29 bits per heavy atom. The van der Waals surface area contributed by atoms with Crippen molar-refractivity contribution in [3.8, 4) is 0 Å². The lowest BCUT2D eigenvalue weighted by molar-refractivity contribution is 0.577. The highest BCUT2D eigenvalue weighted by atomic mass is 32.2. The molecule has 0 unspecified atom stereocenters. The van der Waals surface area contributed by atoms with Gasteiger partial charge in [0.05, 0.1) is 4.90 Å². The zero-order chi connectivity index (χ0) is 15.5. The van der Waals surface area contributed by atoms with Gasteiger partial charge in [-0.2, -0.15) is 0 Å². The molecular weight excluding hydrogens is 291 g/mol. The summed E-state index contributed by atoms with van der Waals surface area (Å²) in [6.45, 7) is 2.19. The number of sulfonamides is 1. The van der Waals surface area contributed by atoms with Crippen molar-refractivity contribution in [1.29, 1.82) is 0 Å². The van der Waals surface area contributed by atoms with Gasteiger partial charge in [-0.25, -0.2) is 17.5 Å². The first-order chi connectivity index (χ1) is 9.90. The van der Waals surface area contributed by atoms with E-state index < -0.39 is 15.8 Å². The number of nitrogen functional groups attached to an aromatic ring is 1. The standard InChI is InChI=1S/C15H17FN2O2S/c1-2-11-3-5-12(6-4-11)10-18-21(19,20)15-8-13(16)7-14(17)9-15/h3-9,18H,2,10,17H2,1H3. The van der Waals surface area contributed by atoms with Crippen molar-refractivity contribution >= 4 is 15.7 Å². The van der Waals surface area contributed by atoms with E-state index >= 15 is 0 Å². The quantitative estimate of drug-likeness (QED) is 0.833. The smallest absolute Gasteiger partial charge is 0.241 e. The number of hydrogen-bond donors (Lipinski definition) is 2. The minimum absolute atomic E-state index is 0.0719. The van der Waals surface area contributed by atoms with Crippen LogP contribution in [-0.4, -0.2) is 8.42 Å². The molecule has 0 spiro atoms. The summed E-state index contributed by atoms with van der Waals surface area (Å²) >= 11 is 0. The van der Waals surface area contributed by atoms with Crippen molar-refractivity contribution in [2.45, 2.75) is 24.8 Å². The Morgan fingerprint density at radius 1 is 1.10 bits per heavy atom. The summed E-state index contributed by atoms with van der Waals surface area (Å²) in [5, 5.41) is 0. The van der Waals surface area contributed by atoms with E-state index in [9.17, 15) is 12.8 Å². The number of rotatable bonds is 5. The second-order valence-electron chi connectivity index (χ2n) is 4.71. The number of aryl methyl sites for hydroxylation is 1. The van der Waals surface area contributed by atoms with Gasteiger partial charge in [0.1, 0.15) is 5.82 Å². The molecule has 4 nitrogen and oxygen atoms in total. The van der Waals surface area contributed by atoms with E-state index in [1.807, 2.05) is 31.2 Å². The van der Waals surface area contributed by atoms with Gasteiger partial charge < -0.3 is 5.73 Å². The molecule has 0 aliphatic carbocycles. The molecule has 0 bridgehead atoms. The molecule has 2 aromatic rings. The van der Waals surface area contributed by atoms with E-state index in [4.69, 9.17) is 5.73 Å². The van der Waals surface area contributed by atoms with Crippen LogP contribution in [-0.2, 0) is 23.0 Å². The molecular formula is C15H17FN2O2S. The highest BCUT2D eigenvalue weighted by molar-refractivity contribution is 7.89. The minimum Gasteiger partial charge on any atom is -0.399 e. The van der Waals surface area contributed by atoms with Gasteiger partial charge >= 0.3 is 0 Å². The Bertz CT molecular complexity index is 708. The maximum atomic E-state index is 13.2. The molecule has 0 saturated carbocycles. The van der Waals surface area contributed by atoms with Crippen molar-refractivity contribution in [1.82, 2.24) is 4.72 Å². The van der Waals surface area contributed by atoms with E-state index in [0.717, 1.165) is 24.1 Å². The third-order valence-corrected chi connectivity index (χ3v) is 4.48. The Labute approximate surface area is 123 Å². The van der Waals surface area contributed by atoms with Crippen LogP contribution in [0.1, 0.15) is 18.1 Å². The van der Waals surface area contributed by atoms with Crippen LogP contribution in [0.5, 0.6) is 0 Å². The first-order valence-corrected chi connectivity index (χ1v) is 8.02. The number of anilines is 1. The molecule has 0 fully saturated rings. The molecule has 0 radical (unpaired) electrons. The van der Waals surface area contributed by atoms with Crippen LogP contribution >= 0.6 is 0 Å². The second kappa shape index (κ2) is 6.24. The molecule has 21 heavy (non-hydrogen) atoms. The van der Waals surface area contributed by atoms with Crippen LogP contribution < -0.4 is 10.5 Å². The fourth-order valence-electron chi connectivity index (χ4n) is 1.89. The van der Waals surface area contributed by atoms with Crippen molar-refractivity contribution in [2.24, 2.45) is 0 Å². The van der Waals surface area contributed by atoms with Gasteiger partial charge in [-0.15, -0.1) is 0 Å². The van der Waals surface area contributed by atoms with Crippen LogP contribution in [0.4, 0.5) is 10.1 Å². The Kier molecular flexibility index (Phi) is 4.59. The Morgan fingerprint density at radius 2 is 1.71 bits per heavy atom. The number of nitrogens with one attached hydrogen (secondary N) is 1. The van der Waals surface area contributed by atoms with Crippen molar-refractivity contribution in [2.75, 3.05) is 5.73 Å². The molecule has 0 atom stereocenters. The summed E-state index contributed by atoms with van der Waals surface area (Å²) < 4.78 is 39.9. The lowest BCUT2D eigenvalue weighted by Crippen LogP contribution is -2.23. The SMILES string of the molecule is CCc1ccc(CNS(=O)(=O)c2cc(N)cc(F)c2)cc1. The van der Waals surface area contributed by atoms with E-state index in [0.29, 0.717) is 0 Å². The molecule has 0 heterocycles. The van der Waals surface area contributed by atoms with Crippen molar-refractivity contribution in [3.63, 3.8) is 0 Å². The predicted molar refractivity (Wildman–Crippen MR) is 80.7 cm³/mol. The van der Waals surface area contributed by atoms with Gasteiger partial charge in [-0.05, 0) is 35.7 Å². The molecule has 6 heteroatoms. The molecule has 2 rings (SSSR count). The first-order valence-electron chi connectivity index (χ1n) is 6.54. The fourth-order valence-corrected chi connectivity index (χ4v) is 2.98. The third kappa shape index (κ3) is 4.03. The van der Waals surface area contributed by atoms with Crippen LogP contribution in [0.2, 0.25) is 0 Å². The number of benzene rings is 2. The summed E-state index contributed by atoms with van der Waals surface area (Å²) in [6, 6.07) is 10.9. The fraction of sp³-hybridized carbons (Fsp3) is 0.200. The normalized spacial score (nSPS) is 11.5. The average molecular weight is 308 g/mol. The topological polar surface area (TPSA) is 72.2 Å². The van der Waals surface area contributed by atoms with Gasteiger partial charge in [0.15, 0.2) is 0 Å². The lowest BCUT2D eigenvalue weighted by atomic mass is 10.1. The van der Waals surface area contributed by atoms with Crippen LogP contribution in [0.3, 0.4) is 0 Å². The van der Waals surface area contributed by atoms with Gasteiger partial charge in [0.2, 0.25) is 10.0 Å². The van der Waals surface area contributed by atoms with E-state index in [-0.39, 0.29) is 17.1 Å². The molecule has 0 aliphatic rings. The van der Waals surface area contributed by atoms with Crippen LogP contribution in [0, 0.1) is 5.82 Å². The summed E-state index contributed by atoms with van der Waals surface area (Å²) in [6.07, 6.45) is 0.925. The van der Waals surface area contributed by atoms with Crippen LogP contribution in [0.25, 0.3) is 0 Å². The third-order valence-electron chi connectivity index (χ3n) is 3.10. The summed E-state index contributed by atoms with van der Waals surface area (Å²) in [5.41, 5.74) is 7.55.